The molecule has 1 aliphatic heterocycles. The highest BCUT2D eigenvalue weighted by atomic mass is 19.4. The predicted molar refractivity (Wildman–Crippen MR) is 94.6 cm³/mol. The van der Waals surface area contributed by atoms with Gasteiger partial charge in [-0.2, -0.15) is 0 Å². The number of carbonyl (C=O) groups is 1. The van der Waals surface area contributed by atoms with Gasteiger partial charge in [-0.05, 0) is 44.9 Å². The lowest BCUT2D eigenvalue weighted by Crippen LogP contribution is -2.35. The summed E-state index contributed by atoms with van der Waals surface area (Å²) in [6, 6.07) is 4.09. The smallest absolute Gasteiger partial charge is 0.489 e. The van der Waals surface area contributed by atoms with Gasteiger partial charge in [0.2, 0.25) is 0 Å². The molecule has 0 aromatic heterocycles. The van der Waals surface area contributed by atoms with E-state index in [-0.39, 0.29) is 18.3 Å². The van der Waals surface area contributed by atoms with Crippen LogP contribution in [0.2, 0.25) is 0 Å². The zero-order chi connectivity index (χ0) is 20.2. The number of carbonyl (C=O) groups excluding carboxylic acids is 1. The van der Waals surface area contributed by atoms with Crippen LogP contribution in [0.4, 0.5) is 18.0 Å². The summed E-state index contributed by atoms with van der Waals surface area (Å²) in [4.78, 5) is 13.7. The monoisotopic (exact) mass is 387 g/mol. The molecule has 0 aliphatic carbocycles. The van der Waals surface area contributed by atoms with Gasteiger partial charge in [0.05, 0.1) is 6.61 Å². The highest BCUT2D eigenvalue weighted by Crippen LogP contribution is 2.34. The normalized spacial score (nSPS) is 17.6. The van der Waals surface area contributed by atoms with Crippen molar-refractivity contribution in [3.05, 3.63) is 30.3 Å². The molecule has 1 unspecified atom stereocenters. The molecule has 0 bridgehead atoms. The van der Waals surface area contributed by atoms with E-state index in [4.69, 9.17) is 9.47 Å². The van der Waals surface area contributed by atoms with Gasteiger partial charge in [0.25, 0.3) is 0 Å². The molecule has 0 saturated carbocycles. The van der Waals surface area contributed by atoms with Crippen molar-refractivity contribution in [2.24, 2.45) is 5.92 Å². The number of halogens is 3. The van der Waals surface area contributed by atoms with E-state index in [2.05, 4.69) is 11.3 Å². The van der Waals surface area contributed by atoms with Gasteiger partial charge < -0.3 is 19.1 Å². The first-order valence-electron chi connectivity index (χ1n) is 8.60. The number of ether oxygens (including phenoxy) is 3. The quantitative estimate of drug-likeness (QED) is 0.724. The Morgan fingerprint density at radius 1 is 1.30 bits per heavy atom. The van der Waals surface area contributed by atoms with Gasteiger partial charge in [0.15, 0.2) is 11.5 Å². The van der Waals surface area contributed by atoms with Crippen LogP contribution in [-0.4, -0.2) is 42.7 Å². The number of alkyl halides is 3. The number of likely N-dealkylation sites (tertiary alicyclic amines) is 1. The Bertz CT molecular complexity index is 683. The maximum Gasteiger partial charge on any atom is 0.573 e. The van der Waals surface area contributed by atoms with E-state index in [0.29, 0.717) is 25.1 Å². The van der Waals surface area contributed by atoms with E-state index in [1.807, 2.05) is 0 Å². The first-order valence-corrected chi connectivity index (χ1v) is 8.60. The molecule has 1 atom stereocenters. The molecular weight excluding hydrogens is 363 g/mol. The summed E-state index contributed by atoms with van der Waals surface area (Å²) in [5.74, 6) is -0.431. The molecular formula is C19H24F3NO4. The number of amides is 1. The van der Waals surface area contributed by atoms with Crippen LogP contribution in [0.15, 0.2) is 24.8 Å². The summed E-state index contributed by atoms with van der Waals surface area (Å²) in [6.07, 6.45) is -3.03. The molecule has 5 nitrogen and oxygen atoms in total. The maximum atomic E-state index is 12.6. The fourth-order valence-electron chi connectivity index (χ4n) is 2.64. The molecule has 0 N–H and O–H groups in total. The molecule has 1 aromatic carbocycles. The first-order chi connectivity index (χ1) is 12.5. The molecule has 2 rings (SSSR count). The van der Waals surface area contributed by atoms with E-state index in [0.717, 1.165) is 0 Å². The van der Waals surface area contributed by atoms with Gasteiger partial charge >= 0.3 is 12.5 Å². The minimum Gasteiger partial charge on any atom is -0.489 e. The van der Waals surface area contributed by atoms with E-state index in [9.17, 15) is 18.0 Å². The molecule has 1 aromatic rings. The Morgan fingerprint density at radius 3 is 2.59 bits per heavy atom. The van der Waals surface area contributed by atoms with Crippen molar-refractivity contribution in [2.75, 3.05) is 19.7 Å². The lowest BCUT2D eigenvalue weighted by Gasteiger charge is -2.24. The van der Waals surface area contributed by atoms with Gasteiger partial charge in [-0.15, -0.1) is 13.2 Å². The average Bonchev–Trinajstić information content (AvgIpc) is 3.00. The summed E-state index contributed by atoms with van der Waals surface area (Å²) < 4.78 is 52.6. The number of hydrogen-bond donors (Lipinski definition) is 0. The highest BCUT2D eigenvalue weighted by Gasteiger charge is 2.33. The van der Waals surface area contributed by atoms with Gasteiger partial charge in [0, 0.05) is 19.0 Å². The number of rotatable bonds is 5. The van der Waals surface area contributed by atoms with Crippen molar-refractivity contribution in [1.29, 1.82) is 0 Å². The van der Waals surface area contributed by atoms with Gasteiger partial charge in [0.1, 0.15) is 5.60 Å². The average molecular weight is 387 g/mol. The Labute approximate surface area is 156 Å². The van der Waals surface area contributed by atoms with Crippen molar-refractivity contribution in [1.82, 2.24) is 4.90 Å². The predicted octanol–water partition coefficient (Wildman–Crippen LogP) is 4.86. The Balaban J connectivity index is 1.98. The molecule has 8 heteroatoms. The van der Waals surface area contributed by atoms with Gasteiger partial charge in [-0.3, -0.25) is 0 Å². The van der Waals surface area contributed by atoms with E-state index < -0.39 is 23.8 Å². The molecule has 1 amide bonds. The van der Waals surface area contributed by atoms with Crippen LogP contribution in [0.3, 0.4) is 0 Å². The number of hydrogen-bond acceptors (Lipinski definition) is 4. The third kappa shape index (κ3) is 6.69. The summed E-state index contributed by atoms with van der Waals surface area (Å²) >= 11 is 0. The fourth-order valence-corrected chi connectivity index (χ4v) is 2.64. The first kappa shape index (κ1) is 20.9. The lowest BCUT2D eigenvalue weighted by atomic mass is 10.1. The summed E-state index contributed by atoms with van der Waals surface area (Å²) in [7, 11) is 0. The van der Waals surface area contributed by atoms with Gasteiger partial charge in [-0.1, -0.05) is 18.7 Å². The lowest BCUT2D eigenvalue weighted by molar-refractivity contribution is -0.275. The Hall–Kier alpha value is -2.38. The standard InChI is InChI=1S/C19H24F3NO4/c1-5-13-6-7-15(26-19(20,21)22)16(10-13)25-12-14-8-9-23(11-14)17(24)27-18(2,3)4/h5-7,10,14H,1,8-9,11-12H2,2-4H3. The third-order valence-electron chi connectivity index (χ3n) is 3.84. The van der Waals surface area contributed by atoms with Crippen LogP contribution in [-0.2, 0) is 4.74 Å². The molecule has 1 heterocycles. The second-order valence-corrected chi connectivity index (χ2v) is 7.35. The molecule has 0 radical (unpaired) electrons. The van der Waals surface area contributed by atoms with E-state index >= 15 is 0 Å². The van der Waals surface area contributed by atoms with Crippen molar-refractivity contribution < 1.29 is 32.2 Å². The highest BCUT2D eigenvalue weighted by molar-refractivity contribution is 5.68. The van der Waals surface area contributed by atoms with Crippen molar-refractivity contribution in [2.45, 2.75) is 39.2 Å². The van der Waals surface area contributed by atoms with E-state index in [1.165, 1.54) is 24.3 Å². The molecule has 0 spiro atoms. The molecule has 1 saturated heterocycles. The fraction of sp³-hybridized carbons (Fsp3) is 0.526. The molecule has 1 aliphatic rings. The second-order valence-electron chi connectivity index (χ2n) is 7.35. The topological polar surface area (TPSA) is 48.0 Å². The number of benzene rings is 1. The molecule has 27 heavy (non-hydrogen) atoms. The van der Waals surface area contributed by atoms with Gasteiger partial charge in [-0.25, -0.2) is 4.79 Å². The minimum absolute atomic E-state index is 0.0105. The molecule has 150 valence electrons. The van der Waals surface area contributed by atoms with Crippen molar-refractivity contribution in [3.63, 3.8) is 0 Å². The van der Waals surface area contributed by atoms with Crippen LogP contribution in [0.1, 0.15) is 32.8 Å². The van der Waals surface area contributed by atoms with Crippen LogP contribution in [0, 0.1) is 5.92 Å². The summed E-state index contributed by atoms with van der Waals surface area (Å²) in [5, 5.41) is 0. The minimum atomic E-state index is -4.81. The maximum absolute atomic E-state index is 12.6. The molecule has 1 fully saturated rings. The van der Waals surface area contributed by atoms with Crippen LogP contribution >= 0.6 is 0 Å². The zero-order valence-corrected chi connectivity index (χ0v) is 15.6. The van der Waals surface area contributed by atoms with Crippen LogP contribution in [0.5, 0.6) is 11.5 Å². The number of nitrogens with zero attached hydrogens (tertiary/aromatic N) is 1. The summed E-state index contributed by atoms with van der Waals surface area (Å²) in [6.45, 7) is 10.1. The second kappa shape index (κ2) is 8.10. The SMILES string of the molecule is C=Cc1ccc(OC(F)(F)F)c(OCC2CCN(C(=O)OC(C)(C)C)C2)c1. The van der Waals surface area contributed by atoms with Crippen LogP contribution in [0.25, 0.3) is 6.08 Å². The van der Waals surface area contributed by atoms with Crippen molar-refractivity contribution >= 4 is 12.2 Å². The van der Waals surface area contributed by atoms with Crippen LogP contribution < -0.4 is 9.47 Å². The van der Waals surface area contributed by atoms with Crippen molar-refractivity contribution in [3.8, 4) is 11.5 Å². The zero-order valence-electron chi connectivity index (χ0n) is 15.6. The van der Waals surface area contributed by atoms with E-state index in [1.54, 1.807) is 25.7 Å². The summed E-state index contributed by atoms with van der Waals surface area (Å²) in [5.41, 5.74) is 0.0296. The third-order valence-corrected chi connectivity index (χ3v) is 3.84. The Kier molecular flexibility index (Phi) is 6.28. The largest absolute Gasteiger partial charge is 0.573 e. The Morgan fingerprint density at radius 2 is 2.00 bits per heavy atom.